The van der Waals surface area contributed by atoms with Crippen molar-refractivity contribution in [3.05, 3.63) is 11.1 Å². The van der Waals surface area contributed by atoms with Gasteiger partial charge in [0.2, 0.25) is 0 Å². The molecule has 1 amide bonds. The zero-order valence-corrected chi connectivity index (χ0v) is 9.87. The second-order valence-corrected chi connectivity index (χ2v) is 3.77. The third-order valence-corrected chi connectivity index (χ3v) is 2.47. The molecule has 0 saturated carbocycles. The van der Waals surface area contributed by atoms with Crippen molar-refractivity contribution in [1.82, 2.24) is 4.98 Å². The summed E-state index contributed by atoms with van der Waals surface area (Å²) in [6.07, 6.45) is 0. The van der Waals surface area contributed by atoms with Crippen molar-refractivity contribution in [2.45, 2.75) is 13.8 Å². The zero-order chi connectivity index (χ0) is 12.0. The van der Waals surface area contributed by atoms with Crippen molar-refractivity contribution in [3.63, 3.8) is 0 Å². The van der Waals surface area contributed by atoms with Crippen LogP contribution < -0.4 is 5.32 Å². The van der Waals surface area contributed by atoms with Gasteiger partial charge in [0.15, 0.2) is 5.13 Å². The Labute approximate surface area is 96.9 Å². The van der Waals surface area contributed by atoms with Crippen LogP contribution in [0.3, 0.4) is 0 Å². The van der Waals surface area contributed by atoms with Crippen molar-refractivity contribution < 1.29 is 14.7 Å². The van der Waals surface area contributed by atoms with E-state index in [9.17, 15) is 4.79 Å². The Bertz CT molecular complexity index is 389. The molecule has 16 heavy (non-hydrogen) atoms. The van der Waals surface area contributed by atoms with Crippen LogP contribution in [0.1, 0.15) is 19.5 Å². The first-order chi connectivity index (χ1) is 7.67. The minimum atomic E-state index is -0.249. The standard InChI is InChI=1S/C9H13N3O3S/c1-3-15-4-8(13)11-9-10-7(5-16-9)6(2)12-14/h5,14H,3-4H2,1-2H3,(H,10,11,13). The number of nitrogens with zero attached hydrogens (tertiary/aromatic N) is 2. The maximum Gasteiger partial charge on any atom is 0.252 e. The number of carbonyl (C=O) groups is 1. The molecule has 2 N–H and O–H groups in total. The van der Waals surface area contributed by atoms with E-state index in [-0.39, 0.29) is 12.5 Å². The predicted octanol–water partition coefficient (Wildman–Crippen LogP) is 1.32. The van der Waals surface area contributed by atoms with Crippen LogP contribution in [-0.4, -0.2) is 35.0 Å². The lowest BCUT2D eigenvalue weighted by atomic mass is 10.3. The highest BCUT2D eigenvalue weighted by atomic mass is 32.1. The normalized spacial score (nSPS) is 11.5. The topological polar surface area (TPSA) is 83.8 Å². The molecule has 0 aliphatic heterocycles. The lowest BCUT2D eigenvalue weighted by Crippen LogP contribution is -2.18. The fraction of sp³-hybridized carbons (Fsp3) is 0.444. The summed E-state index contributed by atoms with van der Waals surface area (Å²) in [5.41, 5.74) is 0.945. The first-order valence-corrected chi connectivity index (χ1v) is 5.57. The molecule has 0 bridgehead atoms. The highest BCUT2D eigenvalue weighted by molar-refractivity contribution is 7.14. The monoisotopic (exact) mass is 243 g/mol. The molecule has 7 heteroatoms. The number of anilines is 1. The number of amides is 1. The molecule has 0 atom stereocenters. The summed E-state index contributed by atoms with van der Waals surface area (Å²) in [5.74, 6) is -0.249. The van der Waals surface area contributed by atoms with Gasteiger partial charge in [0, 0.05) is 12.0 Å². The van der Waals surface area contributed by atoms with Gasteiger partial charge in [-0.2, -0.15) is 0 Å². The maximum absolute atomic E-state index is 11.3. The summed E-state index contributed by atoms with van der Waals surface area (Å²) in [5, 5.41) is 16.3. The van der Waals surface area contributed by atoms with Gasteiger partial charge in [-0.05, 0) is 13.8 Å². The Morgan fingerprint density at radius 3 is 3.12 bits per heavy atom. The summed E-state index contributed by atoms with van der Waals surface area (Å²) >= 11 is 1.26. The van der Waals surface area contributed by atoms with Crippen LogP contribution in [0.15, 0.2) is 10.5 Å². The molecule has 0 aliphatic carbocycles. The minimum Gasteiger partial charge on any atom is -0.411 e. The van der Waals surface area contributed by atoms with Crippen LogP contribution in [0, 0.1) is 0 Å². The van der Waals surface area contributed by atoms with Gasteiger partial charge in [-0.25, -0.2) is 4.98 Å². The molecule has 0 aliphatic rings. The number of nitrogens with one attached hydrogen (secondary N) is 1. The number of thiazole rings is 1. The van der Waals surface area contributed by atoms with E-state index in [1.54, 1.807) is 12.3 Å². The number of hydrogen-bond donors (Lipinski definition) is 2. The van der Waals surface area contributed by atoms with Crippen molar-refractivity contribution >= 4 is 28.1 Å². The number of aromatic nitrogens is 1. The van der Waals surface area contributed by atoms with Crippen LogP contribution in [-0.2, 0) is 9.53 Å². The number of hydrogen-bond acceptors (Lipinski definition) is 6. The van der Waals surface area contributed by atoms with Gasteiger partial charge in [-0.15, -0.1) is 11.3 Å². The van der Waals surface area contributed by atoms with Crippen molar-refractivity contribution in [2.75, 3.05) is 18.5 Å². The fourth-order valence-corrected chi connectivity index (χ4v) is 1.67. The van der Waals surface area contributed by atoms with Gasteiger partial charge in [-0.3, -0.25) is 10.1 Å². The van der Waals surface area contributed by atoms with Gasteiger partial charge < -0.3 is 9.94 Å². The van der Waals surface area contributed by atoms with Crippen LogP contribution in [0.4, 0.5) is 5.13 Å². The van der Waals surface area contributed by atoms with Crippen molar-refractivity contribution in [3.8, 4) is 0 Å². The second-order valence-electron chi connectivity index (χ2n) is 2.91. The average molecular weight is 243 g/mol. The Balaban J connectivity index is 2.55. The molecule has 1 heterocycles. The van der Waals surface area contributed by atoms with E-state index in [0.29, 0.717) is 23.1 Å². The minimum absolute atomic E-state index is 0.0124. The molecular weight excluding hydrogens is 230 g/mol. The first kappa shape index (κ1) is 12.6. The van der Waals surface area contributed by atoms with Crippen LogP contribution in [0.5, 0.6) is 0 Å². The van der Waals surface area contributed by atoms with Gasteiger partial charge in [0.05, 0.1) is 0 Å². The quantitative estimate of drug-likeness (QED) is 0.464. The largest absolute Gasteiger partial charge is 0.411 e. The number of oxime groups is 1. The third kappa shape index (κ3) is 3.59. The summed E-state index contributed by atoms with van der Waals surface area (Å²) in [4.78, 5) is 15.3. The average Bonchev–Trinajstić information content (AvgIpc) is 2.73. The van der Waals surface area contributed by atoms with Gasteiger partial charge in [0.25, 0.3) is 5.91 Å². The molecule has 1 aromatic rings. The van der Waals surface area contributed by atoms with E-state index in [4.69, 9.17) is 9.94 Å². The first-order valence-electron chi connectivity index (χ1n) is 4.69. The lowest BCUT2D eigenvalue weighted by molar-refractivity contribution is -0.120. The number of rotatable bonds is 5. The highest BCUT2D eigenvalue weighted by Gasteiger charge is 2.08. The van der Waals surface area contributed by atoms with E-state index in [1.807, 2.05) is 6.92 Å². The van der Waals surface area contributed by atoms with E-state index >= 15 is 0 Å². The molecule has 0 unspecified atom stereocenters. The van der Waals surface area contributed by atoms with E-state index < -0.39 is 0 Å². The molecule has 0 aromatic carbocycles. The van der Waals surface area contributed by atoms with Crippen LogP contribution >= 0.6 is 11.3 Å². The van der Waals surface area contributed by atoms with E-state index in [1.165, 1.54) is 11.3 Å². The molecule has 6 nitrogen and oxygen atoms in total. The predicted molar refractivity (Wildman–Crippen MR) is 61.2 cm³/mol. The van der Waals surface area contributed by atoms with Crippen molar-refractivity contribution in [2.24, 2.45) is 5.16 Å². The Hall–Kier alpha value is -1.47. The zero-order valence-electron chi connectivity index (χ0n) is 9.06. The van der Waals surface area contributed by atoms with Crippen molar-refractivity contribution in [1.29, 1.82) is 0 Å². The summed E-state index contributed by atoms with van der Waals surface area (Å²) < 4.78 is 4.94. The highest BCUT2D eigenvalue weighted by Crippen LogP contribution is 2.15. The smallest absolute Gasteiger partial charge is 0.252 e. The lowest BCUT2D eigenvalue weighted by Gasteiger charge is -2.00. The Morgan fingerprint density at radius 2 is 2.50 bits per heavy atom. The molecule has 0 fully saturated rings. The van der Waals surface area contributed by atoms with Crippen LogP contribution in [0.2, 0.25) is 0 Å². The maximum atomic E-state index is 11.3. The molecule has 0 spiro atoms. The molecule has 0 saturated heterocycles. The van der Waals surface area contributed by atoms with Gasteiger partial charge in [-0.1, -0.05) is 5.16 Å². The van der Waals surface area contributed by atoms with Gasteiger partial charge >= 0.3 is 0 Å². The fourth-order valence-electron chi connectivity index (χ4n) is 0.899. The molecule has 1 rings (SSSR count). The second kappa shape index (κ2) is 6.19. The van der Waals surface area contributed by atoms with E-state index in [0.717, 1.165) is 0 Å². The summed E-state index contributed by atoms with van der Waals surface area (Å²) in [6.45, 7) is 3.95. The molecule has 88 valence electrons. The van der Waals surface area contributed by atoms with Gasteiger partial charge in [0.1, 0.15) is 18.0 Å². The molecular formula is C9H13N3O3S. The third-order valence-electron chi connectivity index (χ3n) is 1.71. The Kier molecular flexibility index (Phi) is 4.87. The Morgan fingerprint density at radius 1 is 1.75 bits per heavy atom. The summed E-state index contributed by atoms with van der Waals surface area (Å²) in [6, 6.07) is 0. The molecule has 0 radical (unpaired) electrons. The van der Waals surface area contributed by atoms with E-state index in [2.05, 4.69) is 15.5 Å². The number of ether oxygens (including phenoxy) is 1. The summed E-state index contributed by atoms with van der Waals surface area (Å²) in [7, 11) is 0. The van der Waals surface area contributed by atoms with Crippen LogP contribution in [0.25, 0.3) is 0 Å². The number of carbonyl (C=O) groups excluding carboxylic acids is 1. The molecule has 1 aromatic heterocycles. The SMILES string of the molecule is CCOCC(=O)Nc1nc(C(C)=NO)cs1.